The van der Waals surface area contributed by atoms with E-state index in [0.29, 0.717) is 32.1 Å². The van der Waals surface area contributed by atoms with Crippen molar-refractivity contribution in [3.63, 3.8) is 0 Å². The number of benzene rings is 1. The zero-order valence-electron chi connectivity index (χ0n) is 16.3. The van der Waals surface area contributed by atoms with Gasteiger partial charge in [0.1, 0.15) is 0 Å². The third kappa shape index (κ3) is 6.09. The minimum atomic E-state index is -0.0448. The van der Waals surface area contributed by atoms with Crippen LogP contribution in [0.5, 0.6) is 11.5 Å². The van der Waals surface area contributed by atoms with Crippen LogP contribution in [0.25, 0.3) is 0 Å². The Labute approximate surface area is 156 Å². The standard InChI is InChI=1S/C20H32N2O4/c1-4-6-12-26-18-10-9-16(13-19(18)24-3)14-21-20(23)22-11-7-8-17(15-22)25-5-2/h9-10,13,17H,4-8,11-12,14-15H2,1-3H3,(H,21,23). The van der Waals surface area contributed by atoms with Crippen molar-refractivity contribution in [3.05, 3.63) is 23.8 Å². The van der Waals surface area contributed by atoms with Crippen LogP contribution in [-0.4, -0.2) is 50.4 Å². The number of hydrogen-bond acceptors (Lipinski definition) is 4. The summed E-state index contributed by atoms with van der Waals surface area (Å²) in [7, 11) is 1.63. The fraction of sp³-hybridized carbons (Fsp3) is 0.650. The summed E-state index contributed by atoms with van der Waals surface area (Å²) >= 11 is 0. The highest BCUT2D eigenvalue weighted by molar-refractivity contribution is 5.74. The van der Waals surface area contributed by atoms with Crippen LogP contribution in [0.1, 0.15) is 45.1 Å². The van der Waals surface area contributed by atoms with Crippen molar-refractivity contribution >= 4 is 6.03 Å². The lowest BCUT2D eigenvalue weighted by molar-refractivity contribution is 0.0164. The Balaban J connectivity index is 1.87. The molecule has 6 heteroatoms. The molecular formula is C20H32N2O4. The Morgan fingerprint density at radius 3 is 2.88 bits per heavy atom. The highest BCUT2D eigenvalue weighted by atomic mass is 16.5. The molecule has 0 bridgehead atoms. The molecule has 1 aromatic carbocycles. The molecule has 0 aromatic heterocycles. The lowest BCUT2D eigenvalue weighted by Crippen LogP contribution is -2.47. The Morgan fingerprint density at radius 1 is 1.31 bits per heavy atom. The van der Waals surface area contributed by atoms with Gasteiger partial charge in [-0.1, -0.05) is 19.4 Å². The van der Waals surface area contributed by atoms with E-state index < -0.39 is 0 Å². The van der Waals surface area contributed by atoms with Crippen LogP contribution in [0.2, 0.25) is 0 Å². The van der Waals surface area contributed by atoms with E-state index in [1.165, 1.54) is 0 Å². The second kappa shape index (κ2) is 10.9. The smallest absolute Gasteiger partial charge is 0.317 e. The maximum absolute atomic E-state index is 12.4. The van der Waals surface area contributed by atoms with E-state index in [-0.39, 0.29) is 12.1 Å². The van der Waals surface area contributed by atoms with Crippen molar-refractivity contribution in [3.8, 4) is 11.5 Å². The maximum Gasteiger partial charge on any atom is 0.317 e. The zero-order chi connectivity index (χ0) is 18.8. The summed E-state index contributed by atoms with van der Waals surface area (Å²) in [6.07, 6.45) is 4.26. The van der Waals surface area contributed by atoms with Gasteiger partial charge in [-0.05, 0) is 43.9 Å². The van der Waals surface area contributed by atoms with Crippen molar-refractivity contribution < 1.29 is 19.0 Å². The molecule has 1 N–H and O–H groups in total. The first-order valence-electron chi connectivity index (χ1n) is 9.62. The number of carbonyl (C=O) groups excluding carboxylic acids is 1. The van der Waals surface area contributed by atoms with Gasteiger partial charge in [0.15, 0.2) is 11.5 Å². The lowest BCUT2D eigenvalue weighted by Gasteiger charge is -2.32. The van der Waals surface area contributed by atoms with Crippen molar-refractivity contribution in [2.24, 2.45) is 0 Å². The minimum Gasteiger partial charge on any atom is -0.493 e. The molecule has 146 valence electrons. The summed E-state index contributed by atoms with van der Waals surface area (Å²) in [5.74, 6) is 1.44. The van der Waals surface area contributed by atoms with Crippen LogP contribution in [0.4, 0.5) is 4.79 Å². The molecule has 1 unspecified atom stereocenters. The second-order valence-electron chi connectivity index (χ2n) is 6.51. The molecule has 1 aliphatic rings. The van der Waals surface area contributed by atoms with Crippen molar-refractivity contribution in [1.29, 1.82) is 0 Å². The third-order valence-corrected chi connectivity index (χ3v) is 4.49. The molecule has 0 saturated carbocycles. The molecule has 1 atom stereocenters. The molecule has 1 heterocycles. The van der Waals surface area contributed by atoms with Crippen molar-refractivity contribution in [2.45, 2.75) is 52.2 Å². The van der Waals surface area contributed by atoms with Gasteiger partial charge in [0.2, 0.25) is 0 Å². The summed E-state index contributed by atoms with van der Waals surface area (Å²) in [5.41, 5.74) is 0.983. The van der Waals surface area contributed by atoms with E-state index >= 15 is 0 Å². The number of urea groups is 1. The minimum absolute atomic E-state index is 0.0448. The fourth-order valence-corrected chi connectivity index (χ4v) is 3.05. The number of ether oxygens (including phenoxy) is 3. The van der Waals surface area contributed by atoms with Crippen molar-refractivity contribution in [1.82, 2.24) is 10.2 Å². The SMILES string of the molecule is CCCCOc1ccc(CNC(=O)N2CCCC(OCC)C2)cc1OC. The van der Waals surface area contributed by atoms with Crippen LogP contribution in [0, 0.1) is 0 Å². The number of nitrogens with zero attached hydrogens (tertiary/aromatic N) is 1. The van der Waals surface area contributed by atoms with Crippen LogP contribution >= 0.6 is 0 Å². The summed E-state index contributed by atoms with van der Waals surface area (Å²) in [4.78, 5) is 14.3. The molecule has 0 aliphatic carbocycles. The molecule has 1 aliphatic heterocycles. The van der Waals surface area contributed by atoms with Crippen LogP contribution < -0.4 is 14.8 Å². The van der Waals surface area contributed by atoms with Gasteiger partial charge in [0.05, 0.1) is 19.8 Å². The molecule has 2 rings (SSSR count). The first kappa shape index (κ1) is 20.4. The monoisotopic (exact) mass is 364 g/mol. The number of rotatable bonds is 9. The number of carbonyl (C=O) groups is 1. The zero-order valence-corrected chi connectivity index (χ0v) is 16.3. The van der Waals surface area contributed by atoms with E-state index in [9.17, 15) is 4.79 Å². The number of methoxy groups -OCH3 is 1. The van der Waals surface area contributed by atoms with Crippen LogP contribution in [-0.2, 0) is 11.3 Å². The maximum atomic E-state index is 12.4. The number of piperidine rings is 1. The van der Waals surface area contributed by atoms with Gasteiger partial charge >= 0.3 is 6.03 Å². The van der Waals surface area contributed by atoms with Gasteiger partial charge < -0.3 is 24.4 Å². The largest absolute Gasteiger partial charge is 0.493 e. The molecule has 2 amide bonds. The summed E-state index contributed by atoms with van der Waals surface area (Å²) in [5, 5.41) is 2.99. The fourth-order valence-electron chi connectivity index (χ4n) is 3.05. The lowest BCUT2D eigenvalue weighted by atomic mass is 10.1. The quantitative estimate of drug-likeness (QED) is 0.681. The third-order valence-electron chi connectivity index (χ3n) is 4.49. The summed E-state index contributed by atoms with van der Waals surface area (Å²) < 4.78 is 16.8. The highest BCUT2D eigenvalue weighted by Gasteiger charge is 2.23. The number of nitrogens with one attached hydrogen (secondary N) is 1. The van der Waals surface area contributed by atoms with Crippen LogP contribution in [0.3, 0.4) is 0 Å². The van der Waals surface area contributed by atoms with Gasteiger partial charge in [0, 0.05) is 26.2 Å². The van der Waals surface area contributed by atoms with E-state index in [0.717, 1.165) is 43.5 Å². The number of unbranched alkanes of at least 4 members (excludes halogenated alkanes) is 1. The normalized spacial score (nSPS) is 17.0. The number of hydrogen-bond donors (Lipinski definition) is 1. The Hall–Kier alpha value is -1.95. The number of likely N-dealkylation sites (tertiary alicyclic amines) is 1. The molecule has 0 radical (unpaired) electrons. The predicted molar refractivity (Wildman–Crippen MR) is 102 cm³/mol. The Kier molecular flexibility index (Phi) is 8.54. The molecule has 1 fully saturated rings. The van der Waals surface area contributed by atoms with E-state index in [4.69, 9.17) is 14.2 Å². The average molecular weight is 364 g/mol. The predicted octanol–water partition coefficient (Wildman–Crippen LogP) is 3.58. The Bertz CT molecular complexity index is 563. The summed E-state index contributed by atoms with van der Waals surface area (Å²) in [6, 6.07) is 5.74. The van der Waals surface area contributed by atoms with Crippen LogP contribution in [0.15, 0.2) is 18.2 Å². The second-order valence-corrected chi connectivity index (χ2v) is 6.51. The first-order chi connectivity index (χ1) is 12.7. The average Bonchev–Trinajstić information content (AvgIpc) is 2.67. The molecule has 1 aromatic rings. The van der Waals surface area contributed by atoms with Gasteiger partial charge in [-0.3, -0.25) is 0 Å². The molecule has 6 nitrogen and oxygen atoms in total. The van der Waals surface area contributed by atoms with Gasteiger partial charge in [0.25, 0.3) is 0 Å². The van der Waals surface area contributed by atoms with Gasteiger partial charge in [-0.2, -0.15) is 0 Å². The molecule has 26 heavy (non-hydrogen) atoms. The van der Waals surface area contributed by atoms with E-state index in [1.54, 1.807) is 7.11 Å². The van der Waals surface area contributed by atoms with Gasteiger partial charge in [-0.25, -0.2) is 4.79 Å². The molecule has 0 spiro atoms. The van der Waals surface area contributed by atoms with Gasteiger partial charge in [-0.15, -0.1) is 0 Å². The highest BCUT2D eigenvalue weighted by Crippen LogP contribution is 2.28. The van der Waals surface area contributed by atoms with E-state index in [1.807, 2.05) is 30.0 Å². The first-order valence-corrected chi connectivity index (χ1v) is 9.62. The topological polar surface area (TPSA) is 60.0 Å². The molecule has 1 saturated heterocycles. The number of amides is 2. The molecular weight excluding hydrogens is 332 g/mol. The summed E-state index contributed by atoms with van der Waals surface area (Å²) in [6.45, 7) is 7.38. The van der Waals surface area contributed by atoms with Crippen molar-refractivity contribution in [2.75, 3.05) is 33.4 Å². The van der Waals surface area contributed by atoms with E-state index in [2.05, 4.69) is 12.2 Å². The Morgan fingerprint density at radius 2 is 2.15 bits per heavy atom.